The summed E-state index contributed by atoms with van der Waals surface area (Å²) in [4.78, 5) is 30.2. The molecule has 0 saturated carbocycles. The third kappa shape index (κ3) is 4.02. The van der Waals surface area contributed by atoms with Gasteiger partial charge in [0.1, 0.15) is 13.2 Å². The zero-order chi connectivity index (χ0) is 24.3. The van der Waals surface area contributed by atoms with Crippen molar-refractivity contribution in [3.8, 4) is 0 Å². The van der Waals surface area contributed by atoms with Crippen molar-refractivity contribution in [3.05, 3.63) is 120 Å². The molecule has 0 N–H and O–H groups in total. The van der Waals surface area contributed by atoms with Gasteiger partial charge >= 0.3 is 8.07 Å². The van der Waals surface area contributed by atoms with E-state index >= 15 is 0 Å². The van der Waals surface area contributed by atoms with E-state index in [4.69, 9.17) is 9.47 Å². The molecule has 0 saturated heterocycles. The smallest absolute Gasteiger partial charge is 0.375 e. The zero-order valence-corrected chi connectivity index (χ0v) is 20.4. The Balaban J connectivity index is 1.62. The number of ether oxygens (including phenoxy) is 2. The van der Waals surface area contributed by atoms with Crippen LogP contribution in [0.1, 0.15) is 11.1 Å². The Hall–Kier alpha value is -4.16. The van der Waals surface area contributed by atoms with E-state index in [2.05, 4.69) is 0 Å². The average Bonchev–Trinajstić information content (AvgIpc) is 2.92. The van der Waals surface area contributed by atoms with E-state index in [1.54, 1.807) is 0 Å². The number of hydrogen-bond acceptors (Lipinski definition) is 5. The van der Waals surface area contributed by atoms with E-state index in [1.807, 2.05) is 121 Å². The molecule has 5 rings (SSSR count). The number of benzene rings is 4. The van der Waals surface area contributed by atoms with E-state index in [-0.39, 0.29) is 13.2 Å². The number of anilines is 2. The predicted molar refractivity (Wildman–Crippen MR) is 139 cm³/mol. The molecule has 35 heavy (non-hydrogen) atoms. The van der Waals surface area contributed by atoms with Crippen LogP contribution in [0.25, 0.3) is 0 Å². The average molecular weight is 480 g/mol. The molecular formula is C29H25NO4Si. The fourth-order valence-electron chi connectivity index (χ4n) is 4.63. The first-order valence-electron chi connectivity index (χ1n) is 11.5. The van der Waals surface area contributed by atoms with E-state index in [9.17, 15) is 9.59 Å². The third-order valence-electron chi connectivity index (χ3n) is 6.38. The number of rotatable bonds is 6. The lowest BCUT2D eigenvalue weighted by Gasteiger charge is -2.39. The molecule has 1 aliphatic rings. The van der Waals surface area contributed by atoms with Crippen LogP contribution in [0.3, 0.4) is 0 Å². The Morgan fingerprint density at radius 1 is 0.600 bits per heavy atom. The fourth-order valence-corrected chi connectivity index (χ4v) is 8.50. The third-order valence-corrected chi connectivity index (χ3v) is 10.4. The summed E-state index contributed by atoms with van der Waals surface area (Å²) >= 11 is 0. The first-order valence-corrected chi connectivity index (χ1v) is 13.5. The molecule has 0 radical (unpaired) electrons. The zero-order valence-electron chi connectivity index (χ0n) is 19.4. The maximum atomic E-state index is 14.1. The molecule has 5 nitrogen and oxygen atoms in total. The van der Waals surface area contributed by atoms with E-state index in [0.29, 0.717) is 10.4 Å². The van der Waals surface area contributed by atoms with Gasteiger partial charge in [-0.15, -0.1) is 0 Å². The van der Waals surface area contributed by atoms with Crippen LogP contribution in [0.15, 0.2) is 109 Å². The van der Waals surface area contributed by atoms with Crippen molar-refractivity contribution in [1.82, 2.24) is 0 Å². The molecule has 174 valence electrons. The molecule has 4 aromatic carbocycles. The summed E-state index contributed by atoms with van der Waals surface area (Å²) in [6.07, 6.45) is 0. The van der Waals surface area contributed by atoms with Crippen LogP contribution in [0.5, 0.6) is 0 Å². The largest absolute Gasteiger partial charge is 0.464 e. The molecule has 6 heteroatoms. The maximum absolute atomic E-state index is 14.1. The number of para-hydroxylation sites is 2. The Morgan fingerprint density at radius 2 is 0.971 bits per heavy atom. The van der Waals surface area contributed by atoms with Gasteiger partial charge in [-0.25, -0.2) is 0 Å². The highest BCUT2D eigenvalue weighted by Gasteiger charge is 2.61. The summed E-state index contributed by atoms with van der Waals surface area (Å²) in [5.74, 6) is 0. The van der Waals surface area contributed by atoms with Crippen molar-refractivity contribution in [2.45, 2.75) is 13.2 Å². The molecule has 1 aliphatic heterocycles. The van der Waals surface area contributed by atoms with Crippen molar-refractivity contribution in [3.63, 3.8) is 0 Å². The lowest BCUT2D eigenvalue weighted by Crippen LogP contribution is -2.73. The maximum Gasteiger partial charge on any atom is 0.375 e. The van der Waals surface area contributed by atoms with Gasteiger partial charge in [0.2, 0.25) is 0 Å². The van der Waals surface area contributed by atoms with Gasteiger partial charge in [0.05, 0.1) is 0 Å². The lowest BCUT2D eigenvalue weighted by molar-refractivity contribution is 0.155. The van der Waals surface area contributed by atoms with Crippen molar-refractivity contribution in [1.29, 1.82) is 0 Å². The Morgan fingerprint density at radius 3 is 1.40 bits per heavy atom. The van der Waals surface area contributed by atoms with Gasteiger partial charge in [0.25, 0.3) is 11.2 Å². The van der Waals surface area contributed by atoms with Crippen molar-refractivity contribution in [2.75, 3.05) is 11.9 Å². The van der Waals surface area contributed by atoms with Gasteiger partial charge in [-0.3, -0.25) is 9.59 Å². The van der Waals surface area contributed by atoms with Crippen molar-refractivity contribution in [2.24, 2.45) is 0 Å². The van der Waals surface area contributed by atoms with E-state index in [0.717, 1.165) is 22.5 Å². The first-order chi connectivity index (χ1) is 17.1. The molecule has 0 unspecified atom stereocenters. The second-order valence-electron chi connectivity index (χ2n) is 8.47. The van der Waals surface area contributed by atoms with Gasteiger partial charge in [-0.2, -0.15) is 0 Å². The van der Waals surface area contributed by atoms with Crippen molar-refractivity contribution >= 4 is 41.0 Å². The summed E-state index contributed by atoms with van der Waals surface area (Å²) in [5, 5.41) is 1.36. The highest BCUT2D eigenvalue weighted by Crippen LogP contribution is 2.32. The van der Waals surface area contributed by atoms with Gasteiger partial charge in [0, 0.05) is 18.4 Å². The molecule has 0 fully saturated rings. The standard InChI is InChI=1S/C29H25NO4Si/c1-30-24-16-8-10-18-26(24)35(27-19-11-9-17-25(27)30,28(31)33-20-22-12-4-2-5-13-22)29(32)34-21-23-14-6-3-7-15-23/h2-19H,20-21H2,1H3. The van der Waals surface area contributed by atoms with Gasteiger partial charge in [0.15, 0.2) is 0 Å². The lowest BCUT2D eigenvalue weighted by atomic mass is 10.2. The number of nitrogens with zero attached hydrogens (tertiary/aromatic N) is 1. The summed E-state index contributed by atoms with van der Waals surface area (Å²) in [6, 6.07) is 34.1. The highest BCUT2D eigenvalue weighted by atomic mass is 28.3. The van der Waals surface area contributed by atoms with Crippen LogP contribution in [0.2, 0.25) is 0 Å². The van der Waals surface area contributed by atoms with E-state index in [1.165, 1.54) is 0 Å². The van der Waals surface area contributed by atoms with Crippen LogP contribution in [-0.2, 0) is 22.7 Å². The molecule has 0 spiro atoms. The Bertz CT molecular complexity index is 1250. The molecule has 0 aliphatic carbocycles. The Labute approximate surface area is 205 Å². The molecule has 4 aromatic rings. The van der Waals surface area contributed by atoms with Crippen LogP contribution in [0, 0.1) is 0 Å². The summed E-state index contributed by atoms with van der Waals surface area (Å²) in [5.41, 5.74) is 2.30. The fraction of sp³-hybridized carbons (Fsp3) is 0.103. The predicted octanol–water partition coefficient (Wildman–Crippen LogP) is 5.17. The SMILES string of the molecule is CN1c2ccccc2[Si](C(=O)OCc2ccccc2)(C(=O)OCc2ccccc2)c2ccccc21. The minimum atomic E-state index is -3.84. The minimum Gasteiger partial charge on any atom is -0.464 e. The van der Waals surface area contributed by atoms with Gasteiger partial charge in [-0.05, 0) is 33.6 Å². The van der Waals surface area contributed by atoms with Crippen LogP contribution in [0.4, 0.5) is 21.0 Å². The molecule has 0 aromatic heterocycles. The Kier molecular flexibility index (Phi) is 6.20. The molecule has 0 amide bonds. The summed E-state index contributed by atoms with van der Waals surface area (Å²) < 4.78 is 11.8. The molecule has 0 atom stereocenters. The summed E-state index contributed by atoms with van der Waals surface area (Å²) in [7, 11) is -1.90. The summed E-state index contributed by atoms with van der Waals surface area (Å²) in [6.45, 7) is 0.168. The topological polar surface area (TPSA) is 55.8 Å². The molecule has 1 heterocycles. The monoisotopic (exact) mass is 479 g/mol. The van der Waals surface area contributed by atoms with Crippen LogP contribution < -0.4 is 15.3 Å². The number of carbonyl (C=O) groups is 2. The normalized spacial score (nSPS) is 13.3. The quantitative estimate of drug-likeness (QED) is 0.357. The van der Waals surface area contributed by atoms with Gasteiger partial charge in [-0.1, -0.05) is 97.1 Å². The first kappa shape index (κ1) is 22.6. The molecular weight excluding hydrogens is 454 g/mol. The van der Waals surface area contributed by atoms with Gasteiger partial charge < -0.3 is 14.4 Å². The highest BCUT2D eigenvalue weighted by molar-refractivity contribution is 7.38. The minimum absolute atomic E-state index is 0.0839. The van der Waals surface area contributed by atoms with Crippen LogP contribution >= 0.6 is 0 Å². The number of carbonyl (C=O) groups excluding carboxylic acids is 2. The van der Waals surface area contributed by atoms with Crippen LogP contribution in [-0.4, -0.2) is 26.3 Å². The molecule has 0 bridgehead atoms. The second kappa shape index (κ2) is 9.60. The van der Waals surface area contributed by atoms with E-state index < -0.39 is 19.3 Å². The number of hydrogen-bond donors (Lipinski definition) is 0. The second-order valence-corrected chi connectivity index (χ2v) is 11.9. The number of fused-ring (bicyclic) bond motifs is 2. The van der Waals surface area contributed by atoms with Crippen molar-refractivity contribution < 1.29 is 19.1 Å².